The molecule has 2 aromatic heterocycles. The van der Waals surface area contributed by atoms with Crippen LogP contribution in [-0.4, -0.2) is 36.1 Å². The molecule has 3 heterocycles. The Labute approximate surface area is 138 Å². The largest absolute Gasteiger partial charge is 0.367 e. The molecule has 1 fully saturated rings. The Morgan fingerprint density at radius 3 is 2.55 bits per heavy atom. The monoisotopic (exact) mass is 330 g/mol. The number of anilines is 2. The molecule has 0 unspecified atom stereocenters. The Bertz CT molecular complexity index is 795. The molecule has 0 N–H and O–H groups in total. The number of nitrogens with zero attached hydrogens (tertiary/aromatic N) is 4. The van der Waals surface area contributed by atoms with Crippen molar-refractivity contribution in [2.45, 2.75) is 0 Å². The van der Waals surface area contributed by atoms with Gasteiger partial charge in [0.2, 0.25) is 0 Å². The number of thiophene rings is 1. The van der Waals surface area contributed by atoms with E-state index in [9.17, 15) is 0 Å². The Balaban J connectivity index is 1.55. The van der Waals surface area contributed by atoms with E-state index >= 15 is 0 Å². The van der Waals surface area contributed by atoms with Crippen molar-refractivity contribution in [1.29, 1.82) is 0 Å². The first-order valence-electron chi connectivity index (χ1n) is 7.25. The topological polar surface area (TPSA) is 32.3 Å². The predicted octanol–water partition coefficient (Wildman–Crippen LogP) is 3.67. The summed E-state index contributed by atoms with van der Waals surface area (Å²) in [6.45, 7) is 3.76. The van der Waals surface area contributed by atoms with Gasteiger partial charge in [0.15, 0.2) is 0 Å². The van der Waals surface area contributed by atoms with E-state index in [0.717, 1.165) is 52.9 Å². The quantitative estimate of drug-likeness (QED) is 0.717. The zero-order chi connectivity index (χ0) is 14.9. The van der Waals surface area contributed by atoms with E-state index in [4.69, 9.17) is 11.6 Å². The lowest BCUT2D eigenvalue weighted by molar-refractivity contribution is 0.649. The zero-order valence-electron chi connectivity index (χ0n) is 11.9. The van der Waals surface area contributed by atoms with E-state index in [2.05, 4.69) is 37.3 Å². The van der Waals surface area contributed by atoms with E-state index in [1.54, 1.807) is 17.7 Å². The number of fused-ring (bicyclic) bond motifs is 1. The van der Waals surface area contributed by atoms with Gasteiger partial charge < -0.3 is 9.80 Å². The number of hydrogen-bond donors (Lipinski definition) is 0. The summed E-state index contributed by atoms with van der Waals surface area (Å²) in [6, 6.07) is 10.1. The first-order valence-corrected chi connectivity index (χ1v) is 8.51. The molecule has 4 rings (SSSR count). The molecule has 0 bridgehead atoms. The number of halogens is 1. The molecule has 1 aliphatic heterocycles. The van der Waals surface area contributed by atoms with Gasteiger partial charge in [0.1, 0.15) is 17.0 Å². The van der Waals surface area contributed by atoms with Gasteiger partial charge in [-0.15, -0.1) is 11.3 Å². The van der Waals surface area contributed by atoms with Gasteiger partial charge >= 0.3 is 0 Å². The average Bonchev–Trinajstić information content (AvgIpc) is 3.04. The smallest absolute Gasteiger partial charge is 0.140 e. The third-order valence-electron chi connectivity index (χ3n) is 4.01. The van der Waals surface area contributed by atoms with E-state index in [1.807, 2.05) is 18.2 Å². The molecule has 4 nitrogen and oxygen atoms in total. The van der Waals surface area contributed by atoms with Gasteiger partial charge in [-0.1, -0.05) is 23.7 Å². The number of para-hydroxylation sites is 1. The van der Waals surface area contributed by atoms with Crippen molar-refractivity contribution in [2.24, 2.45) is 0 Å². The maximum Gasteiger partial charge on any atom is 0.140 e. The summed E-state index contributed by atoms with van der Waals surface area (Å²) in [7, 11) is 0. The van der Waals surface area contributed by atoms with Crippen molar-refractivity contribution in [1.82, 2.24) is 9.97 Å². The first-order chi connectivity index (χ1) is 10.8. The van der Waals surface area contributed by atoms with Gasteiger partial charge in [-0.25, -0.2) is 9.97 Å². The third kappa shape index (κ3) is 2.40. The van der Waals surface area contributed by atoms with Crippen LogP contribution in [0.3, 0.4) is 0 Å². The van der Waals surface area contributed by atoms with Gasteiger partial charge in [0.25, 0.3) is 0 Å². The minimum absolute atomic E-state index is 0.818. The molecule has 3 aromatic rings. The van der Waals surface area contributed by atoms with Crippen LogP contribution >= 0.6 is 22.9 Å². The summed E-state index contributed by atoms with van der Waals surface area (Å²) >= 11 is 7.96. The van der Waals surface area contributed by atoms with Gasteiger partial charge in [0, 0.05) is 26.2 Å². The van der Waals surface area contributed by atoms with Crippen LogP contribution in [0.5, 0.6) is 0 Å². The van der Waals surface area contributed by atoms with Gasteiger partial charge in [-0.3, -0.25) is 0 Å². The summed E-state index contributed by atoms with van der Waals surface area (Å²) in [5.74, 6) is 1.05. The average molecular weight is 331 g/mol. The lowest BCUT2D eigenvalue weighted by Crippen LogP contribution is -2.47. The van der Waals surface area contributed by atoms with Crippen molar-refractivity contribution in [3.8, 4) is 0 Å². The molecular weight excluding hydrogens is 316 g/mol. The lowest BCUT2D eigenvalue weighted by atomic mass is 10.2. The summed E-state index contributed by atoms with van der Waals surface area (Å²) in [6.07, 6.45) is 1.66. The summed E-state index contributed by atoms with van der Waals surface area (Å²) in [4.78, 5) is 14.5. The van der Waals surface area contributed by atoms with Crippen molar-refractivity contribution in [2.75, 3.05) is 36.0 Å². The molecule has 0 aliphatic carbocycles. The maximum absolute atomic E-state index is 6.30. The number of hydrogen-bond acceptors (Lipinski definition) is 5. The molecule has 0 amide bonds. The van der Waals surface area contributed by atoms with Gasteiger partial charge in [-0.2, -0.15) is 0 Å². The fourth-order valence-electron chi connectivity index (χ4n) is 2.90. The number of aromatic nitrogens is 2. The highest BCUT2D eigenvalue weighted by Crippen LogP contribution is 2.30. The number of benzene rings is 1. The molecule has 0 saturated carbocycles. The molecular formula is C16H15ClN4S. The SMILES string of the molecule is Clc1ccccc1N1CCN(c2ncnc3sccc23)CC1. The fourth-order valence-corrected chi connectivity index (χ4v) is 3.88. The zero-order valence-corrected chi connectivity index (χ0v) is 13.5. The summed E-state index contributed by atoms with van der Waals surface area (Å²) in [5.41, 5.74) is 1.12. The molecule has 22 heavy (non-hydrogen) atoms. The fraction of sp³-hybridized carbons (Fsp3) is 0.250. The van der Waals surface area contributed by atoms with Crippen molar-refractivity contribution in [3.63, 3.8) is 0 Å². The van der Waals surface area contributed by atoms with Gasteiger partial charge in [0.05, 0.1) is 16.1 Å². The van der Waals surface area contributed by atoms with Crippen LogP contribution in [0.2, 0.25) is 5.02 Å². The van der Waals surface area contributed by atoms with Crippen molar-refractivity contribution >= 4 is 44.7 Å². The molecule has 0 radical (unpaired) electrons. The molecule has 1 aliphatic rings. The maximum atomic E-state index is 6.30. The number of piperazine rings is 1. The normalized spacial score (nSPS) is 15.5. The minimum atomic E-state index is 0.818. The lowest BCUT2D eigenvalue weighted by Gasteiger charge is -2.37. The van der Waals surface area contributed by atoms with Gasteiger partial charge in [-0.05, 0) is 23.6 Å². The second kappa shape index (κ2) is 5.74. The Morgan fingerprint density at radius 1 is 0.955 bits per heavy atom. The Morgan fingerprint density at radius 2 is 1.73 bits per heavy atom. The van der Waals surface area contributed by atoms with Crippen LogP contribution < -0.4 is 9.80 Å². The summed E-state index contributed by atoms with van der Waals surface area (Å²) < 4.78 is 0. The van der Waals surface area contributed by atoms with Crippen molar-refractivity contribution in [3.05, 3.63) is 47.1 Å². The van der Waals surface area contributed by atoms with E-state index < -0.39 is 0 Å². The third-order valence-corrected chi connectivity index (χ3v) is 5.15. The highest BCUT2D eigenvalue weighted by Gasteiger charge is 2.21. The standard InChI is InChI=1S/C16H15ClN4S/c17-13-3-1-2-4-14(13)20-6-8-21(9-7-20)15-12-5-10-22-16(12)19-11-18-15/h1-5,10-11H,6-9H2. The second-order valence-corrected chi connectivity index (χ2v) is 6.56. The predicted molar refractivity (Wildman–Crippen MR) is 93.3 cm³/mol. The van der Waals surface area contributed by atoms with Crippen LogP contribution in [0, 0.1) is 0 Å². The van der Waals surface area contributed by atoms with Crippen LogP contribution in [-0.2, 0) is 0 Å². The highest BCUT2D eigenvalue weighted by molar-refractivity contribution is 7.16. The van der Waals surface area contributed by atoms with E-state index in [-0.39, 0.29) is 0 Å². The Kier molecular flexibility index (Phi) is 3.60. The molecule has 6 heteroatoms. The van der Waals surface area contributed by atoms with Crippen LogP contribution in [0.1, 0.15) is 0 Å². The Hall–Kier alpha value is -1.85. The van der Waals surface area contributed by atoms with Crippen LogP contribution in [0.15, 0.2) is 42.0 Å². The van der Waals surface area contributed by atoms with Crippen molar-refractivity contribution < 1.29 is 0 Å². The molecule has 0 atom stereocenters. The van der Waals surface area contributed by atoms with E-state index in [0.29, 0.717) is 0 Å². The molecule has 1 aromatic carbocycles. The first kappa shape index (κ1) is 13.8. The highest BCUT2D eigenvalue weighted by atomic mass is 35.5. The van der Waals surface area contributed by atoms with Crippen LogP contribution in [0.25, 0.3) is 10.2 Å². The second-order valence-electron chi connectivity index (χ2n) is 5.26. The summed E-state index contributed by atoms with van der Waals surface area (Å²) in [5, 5.41) is 4.04. The molecule has 0 spiro atoms. The molecule has 112 valence electrons. The minimum Gasteiger partial charge on any atom is -0.367 e. The van der Waals surface area contributed by atoms with E-state index in [1.165, 1.54) is 0 Å². The molecule has 1 saturated heterocycles. The van der Waals surface area contributed by atoms with Crippen LogP contribution in [0.4, 0.5) is 11.5 Å². The number of rotatable bonds is 2.